The van der Waals surface area contributed by atoms with Crippen LogP contribution in [0.3, 0.4) is 0 Å². The van der Waals surface area contributed by atoms with E-state index < -0.39 is 0 Å². The molecule has 0 spiro atoms. The van der Waals surface area contributed by atoms with Crippen molar-refractivity contribution in [2.75, 3.05) is 33.2 Å². The standard InChI is InChI=1S/C23H36N6.HI/c1-5-24-23(25-13-10-20-11-14-28(4)15-12-20)26-17-21-8-6-7-9-22(21)29-19(3)16-18(2)27-29;/h6-9,16,20H,5,10-15,17H2,1-4H3,(H2,24,25,26);1H. The molecule has 1 aliphatic heterocycles. The molecule has 1 aromatic carbocycles. The highest BCUT2D eigenvalue weighted by atomic mass is 127. The van der Waals surface area contributed by atoms with E-state index in [2.05, 4.69) is 71.9 Å². The molecule has 30 heavy (non-hydrogen) atoms. The number of guanidine groups is 1. The van der Waals surface area contributed by atoms with Crippen LogP contribution in [0.2, 0.25) is 0 Å². The Morgan fingerprint density at radius 1 is 1.17 bits per heavy atom. The monoisotopic (exact) mass is 524 g/mol. The number of aromatic nitrogens is 2. The number of likely N-dealkylation sites (tertiary alicyclic amines) is 1. The lowest BCUT2D eigenvalue weighted by molar-refractivity contribution is 0.213. The fourth-order valence-corrected chi connectivity index (χ4v) is 3.98. The summed E-state index contributed by atoms with van der Waals surface area (Å²) in [4.78, 5) is 7.27. The largest absolute Gasteiger partial charge is 0.357 e. The molecule has 0 radical (unpaired) electrons. The van der Waals surface area contributed by atoms with E-state index in [0.29, 0.717) is 6.54 Å². The van der Waals surface area contributed by atoms with Gasteiger partial charge in [0.05, 0.1) is 17.9 Å². The predicted octanol–water partition coefficient (Wildman–Crippen LogP) is 3.89. The molecule has 2 heterocycles. The maximum Gasteiger partial charge on any atom is 0.191 e. The van der Waals surface area contributed by atoms with Gasteiger partial charge >= 0.3 is 0 Å². The van der Waals surface area contributed by atoms with Gasteiger partial charge in [-0.05, 0) is 83.8 Å². The highest BCUT2D eigenvalue weighted by molar-refractivity contribution is 14.0. The summed E-state index contributed by atoms with van der Waals surface area (Å²) in [7, 11) is 2.22. The number of halogens is 1. The normalized spacial score (nSPS) is 15.7. The average molecular weight is 524 g/mol. The van der Waals surface area contributed by atoms with Crippen molar-refractivity contribution in [2.45, 2.75) is 46.6 Å². The van der Waals surface area contributed by atoms with Gasteiger partial charge in [0.2, 0.25) is 0 Å². The van der Waals surface area contributed by atoms with Gasteiger partial charge in [-0.15, -0.1) is 24.0 Å². The summed E-state index contributed by atoms with van der Waals surface area (Å²) in [5.74, 6) is 1.72. The number of piperidine rings is 1. The third kappa shape index (κ3) is 6.97. The van der Waals surface area contributed by atoms with Gasteiger partial charge in [0.15, 0.2) is 5.96 Å². The van der Waals surface area contributed by atoms with Crippen LogP contribution < -0.4 is 10.6 Å². The molecule has 0 saturated carbocycles. The van der Waals surface area contributed by atoms with Crippen molar-refractivity contribution in [3.8, 4) is 5.69 Å². The highest BCUT2D eigenvalue weighted by Crippen LogP contribution is 2.19. The number of para-hydroxylation sites is 1. The Morgan fingerprint density at radius 2 is 1.90 bits per heavy atom. The van der Waals surface area contributed by atoms with Crippen molar-refractivity contribution < 1.29 is 0 Å². The summed E-state index contributed by atoms with van der Waals surface area (Å²) in [6.07, 6.45) is 3.82. The number of nitrogens with one attached hydrogen (secondary N) is 2. The predicted molar refractivity (Wildman–Crippen MR) is 136 cm³/mol. The third-order valence-corrected chi connectivity index (χ3v) is 5.66. The number of hydrogen-bond donors (Lipinski definition) is 2. The van der Waals surface area contributed by atoms with Crippen LogP contribution in [-0.4, -0.2) is 53.9 Å². The van der Waals surface area contributed by atoms with Crippen molar-refractivity contribution in [1.82, 2.24) is 25.3 Å². The minimum atomic E-state index is 0. The molecule has 0 unspecified atom stereocenters. The second kappa shape index (κ2) is 12.3. The Hall–Kier alpha value is -1.61. The molecule has 1 aliphatic rings. The Kier molecular flexibility index (Phi) is 10.1. The molecule has 1 saturated heterocycles. The molecule has 1 fully saturated rings. The van der Waals surface area contributed by atoms with Crippen molar-refractivity contribution in [1.29, 1.82) is 0 Å². The van der Waals surface area contributed by atoms with Crippen LogP contribution in [0.25, 0.3) is 5.69 Å². The number of rotatable bonds is 7. The Morgan fingerprint density at radius 3 is 2.57 bits per heavy atom. The third-order valence-electron chi connectivity index (χ3n) is 5.66. The molecule has 7 heteroatoms. The maximum atomic E-state index is 4.85. The molecular formula is C23H37IN6. The number of aryl methyl sites for hydroxylation is 2. The molecule has 0 amide bonds. The summed E-state index contributed by atoms with van der Waals surface area (Å²) < 4.78 is 2.01. The summed E-state index contributed by atoms with van der Waals surface area (Å²) in [6, 6.07) is 10.5. The maximum absolute atomic E-state index is 4.85. The fourth-order valence-electron chi connectivity index (χ4n) is 3.98. The molecule has 0 atom stereocenters. The second-order valence-corrected chi connectivity index (χ2v) is 8.12. The first-order chi connectivity index (χ1) is 14.1. The highest BCUT2D eigenvalue weighted by Gasteiger charge is 2.16. The smallest absolute Gasteiger partial charge is 0.191 e. The summed E-state index contributed by atoms with van der Waals surface area (Å²) in [5, 5.41) is 11.6. The van der Waals surface area contributed by atoms with Gasteiger partial charge in [-0.3, -0.25) is 0 Å². The molecule has 2 aromatic rings. The number of aliphatic imine (C=N–C) groups is 1. The van der Waals surface area contributed by atoms with Crippen LogP contribution in [0.4, 0.5) is 0 Å². The van der Waals surface area contributed by atoms with Gasteiger partial charge in [-0.2, -0.15) is 5.10 Å². The van der Waals surface area contributed by atoms with E-state index in [1.165, 1.54) is 37.9 Å². The van der Waals surface area contributed by atoms with Crippen LogP contribution in [0, 0.1) is 19.8 Å². The summed E-state index contributed by atoms with van der Waals surface area (Å²) in [5.41, 5.74) is 4.45. The lowest BCUT2D eigenvalue weighted by atomic mass is 9.94. The van der Waals surface area contributed by atoms with Crippen LogP contribution in [0.5, 0.6) is 0 Å². The van der Waals surface area contributed by atoms with E-state index in [-0.39, 0.29) is 24.0 Å². The Bertz CT molecular complexity index is 808. The van der Waals surface area contributed by atoms with Crippen molar-refractivity contribution in [2.24, 2.45) is 10.9 Å². The van der Waals surface area contributed by atoms with Gasteiger partial charge in [0, 0.05) is 18.8 Å². The average Bonchev–Trinajstić information content (AvgIpc) is 3.05. The van der Waals surface area contributed by atoms with E-state index in [1.54, 1.807) is 0 Å². The van der Waals surface area contributed by atoms with Crippen LogP contribution in [0.1, 0.15) is 43.1 Å². The minimum Gasteiger partial charge on any atom is -0.357 e. The minimum absolute atomic E-state index is 0. The SMILES string of the molecule is CCNC(=NCc1ccccc1-n1nc(C)cc1C)NCCC1CCN(C)CC1.I. The molecule has 3 rings (SSSR count). The first-order valence-corrected chi connectivity index (χ1v) is 10.9. The van der Waals surface area contributed by atoms with Crippen LogP contribution in [-0.2, 0) is 6.54 Å². The zero-order valence-electron chi connectivity index (χ0n) is 18.8. The topological polar surface area (TPSA) is 57.5 Å². The zero-order chi connectivity index (χ0) is 20.6. The van der Waals surface area contributed by atoms with Gasteiger partial charge in [-0.25, -0.2) is 9.67 Å². The molecule has 166 valence electrons. The molecule has 2 N–H and O–H groups in total. The molecule has 0 aliphatic carbocycles. The molecule has 6 nitrogen and oxygen atoms in total. The van der Waals surface area contributed by atoms with Crippen LogP contribution >= 0.6 is 24.0 Å². The Balaban J connectivity index is 0.00000320. The lowest BCUT2D eigenvalue weighted by Crippen LogP contribution is -2.39. The van der Waals surface area contributed by atoms with Gasteiger partial charge in [0.25, 0.3) is 0 Å². The van der Waals surface area contributed by atoms with E-state index in [9.17, 15) is 0 Å². The van der Waals surface area contributed by atoms with E-state index in [1.807, 2.05) is 11.6 Å². The van der Waals surface area contributed by atoms with Crippen LogP contribution in [0.15, 0.2) is 35.3 Å². The second-order valence-electron chi connectivity index (χ2n) is 8.12. The summed E-state index contributed by atoms with van der Waals surface area (Å²) >= 11 is 0. The fraction of sp³-hybridized carbons (Fsp3) is 0.565. The first-order valence-electron chi connectivity index (χ1n) is 10.9. The van der Waals surface area contributed by atoms with Crippen molar-refractivity contribution in [3.05, 3.63) is 47.3 Å². The van der Waals surface area contributed by atoms with E-state index >= 15 is 0 Å². The van der Waals surface area contributed by atoms with E-state index in [4.69, 9.17) is 4.99 Å². The lowest BCUT2D eigenvalue weighted by Gasteiger charge is -2.29. The zero-order valence-corrected chi connectivity index (χ0v) is 21.1. The number of hydrogen-bond acceptors (Lipinski definition) is 3. The van der Waals surface area contributed by atoms with Gasteiger partial charge in [0.1, 0.15) is 0 Å². The quantitative estimate of drug-likeness (QED) is 0.328. The molecular weight excluding hydrogens is 487 g/mol. The van der Waals surface area contributed by atoms with Gasteiger partial charge in [-0.1, -0.05) is 18.2 Å². The van der Waals surface area contributed by atoms with Crippen molar-refractivity contribution in [3.63, 3.8) is 0 Å². The number of nitrogens with zero attached hydrogens (tertiary/aromatic N) is 4. The molecule has 0 bridgehead atoms. The first kappa shape index (κ1) is 24.7. The summed E-state index contributed by atoms with van der Waals surface area (Å²) in [6.45, 7) is 11.1. The number of benzene rings is 1. The molecule has 1 aromatic heterocycles. The van der Waals surface area contributed by atoms with E-state index in [0.717, 1.165) is 42.0 Å². The van der Waals surface area contributed by atoms with Gasteiger partial charge < -0.3 is 15.5 Å². The Labute approximate surface area is 198 Å². The van der Waals surface area contributed by atoms with Crippen molar-refractivity contribution >= 4 is 29.9 Å².